The summed E-state index contributed by atoms with van der Waals surface area (Å²) in [6.07, 6.45) is 0. The molecule has 78 valence electrons. The number of hydrogen-bond donors (Lipinski definition) is 0. The number of amides is 2. The predicted octanol–water partition coefficient (Wildman–Crippen LogP) is 0.715. The number of ether oxygens (including phenoxy) is 1. The molecule has 1 heterocycles. The molecular formula is C10H8FNO3. The summed E-state index contributed by atoms with van der Waals surface area (Å²) >= 11 is 0. The number of anilines is 1. The van der Waals surface area contributed by atoms with Crippen molar-refractivity contribution in [1.29, 1.82) is 0 Å². The van der Waals surface area contributed by atoms with Crippen molar-refractivity contribution >= 4 is 17.5 Å². The van der Waals surface area contributed by atoms with E-state index in [0.29, 0.717) is 0 Å². The lowest BCUT2D eigenvalue weighted by molar-refractivity contribution is -0.138. The second-order valence-corrected chi connectivity index (χ2v) is 3.10. The van der Waals surface area contributed by atoms with Crippen molar-refractivity contribution in [2.75, 3.05) is 18.1 Å². The Morgan fingerprint density at radius 1 is 1.20 bits per heavy atom. The average molecular weight is 209 g/mol. The highest BCUT2D eigenvalue weighted by atomic mass is 19.1. The van der Waals surface area contributed by atoms with Gasteiger partial charge in [0.1, 0.15) is 19.0 Å². The fraction of sp³-hybridized carbons (Fsp3) is 0.200. The van der Waals surface area contributed by atoms with Gasteiger partial charge < -0.3 is 4.74 Å². The van der Waals surface area contributed by atoms with Gasteiger partial charge in [0.05, 0.1) is 5.69 Å². The Kier molecular flexibility index (Phi) is 2.47. The predicted molar refractivity (Wildman–Crippen MR) is 49.7 cm³/mol. The zero-order valence-electron chi connectivity index (χ0n) is 7.77. The molecular weight excluding hydrogens is 201 g/mol. The number of benzene rings is 1. The summed E-state index contributed by atoms with van der Waals surface area (Å²) in [5.41, 5.74) is 0.244. The standard InChI is InChI=1S/C10H8FNO3/c11-7-2-1-3-8(4-7)12-9(13)5-15-6-10(12)14/h1-4H,5-6H2. The normalized spacial score (nSPS) is 17.0. The van der Waals surface area contributed by atoms with Crippen LogP contribution in [-0.4, -0.2) is 25.0 Å². The molecule has 1 aliphatic rings. The van der Waals surface area contributed by atoms with Gasteiger partial charge in [-0.1, -0.05) is 6.07 Å². The van der Waals surface area contributed by atoms with Crippen LogP contribution in [0.1, 0.15) is 0 Å². The molecule has 1 fully saturated rings. The number of imide groups is 1. The van der Waals surface area contributed by atoms with Gasteiger partial charge in [0, 0.05) is 0 Å². The van der Waals surface area contributed by atoms with Gasteiger partial charge >= 0.3 is 0 Å². The second-order valence-electron chi connectivity index (χ2n) is 3.10. The SMILES string of the molecule is O=C1COCC(=O)N1c1cccc(F)c1. The third kappa shape index (κ3) is 1.87. The fourth-order valence-corrected chi connectivity index (χ4v) is 1.40. The van der Waals surface area contributed by atoms with Crippen LogP contribution in [0.15, 0.2) is 24.3 Å². The minimum atomic E-state index is -0.486. The van der Waals surface area contributed by atoms with Crippen molar-refractivity contribution in [2.45, 2.75) is 0 Å². The molecule has 1 aromatic carbocycles. The van der Waals surface area contributed by atoms with Crippen molar-refractivity contribution < 1.29 is 18.7 Å². The van der Waals surface area contributed by atoms with Crippen molar-refractivity contribution in [3.05, 3.63) is 30.1 Å². The fourth-order valence-electron chi connectivity index (χ4n) is 1.40. The first-order valence-corrected chi connectivity index (χ1v) is 4.37. The Morgan fingerprint density at radius 2 is 1.87 bits per heavy atom. The first-order chi connectivity index (χ1) is 7.18. The van der Waals surface area contributed by atoms with Crippen LogP contribution in [0.25, 0.3) is 0 Å². The number of rotatable bonds is 1. The van der Waals surface area contributed by atoms with Crippen LogP contribution in [0.2, 0.25) is 0 Å². The van der Waals surface area contributed by atoms with Gasteiger partial charge in [-0.05, 0) is 18.2 Å². The summed E-state index contributed by atoms with van der Waals surface area (Å²) in [7, 11) is 0. The van der Waals surface area contributed by atoms with E-state index in [2.05, 4.69) is 0 Å². The maximum Gasteiger partial charge on any atom is 0.259 e. The molecule has 2 rings (SSSR count). The lowest BCUT2D eigenvalue weighted by atomic mass is 10.2. The zero-order chi connectivity index (χ0) is 10.8. The molecule has 0 radical (unpaired) electrons. The van der Waals surface area contributed by atoms with Gasteiger partial charge in [0.2, 0.25) is 0 Å². The van der Waals surface area contributed by atoms with E-state index in [1.54, 1.807) is 0 Å². The molecule has 0 saturated carbocycles. The summed E-state index contributed by atoms with van der Waals surface area (Å²) in [6.45, 7) is -0.301. The van der Waals surface area contributed by atoms with Crippen LogP contribution in [-0.2, 0) is 14.3 Å². The molecule has 5 heteroatoms. The molecule has 0 aliphatic carbocycles. The van der Waals surface area contributed by atoms with Crippen LogP contribution in [0, 0.1) is 5.82 Å². The number of morpholine rings is 1. The Hall–Kier alpha value is -1.75. The van der Waals surface area contributed by atoms with Crippen molar-refractivity contribution in [3.63, 3.8) is 0 Å². The molecule has 0 unspecified atom stereocenters. The molecule has 1 aromatic rings. The molecule has 0 bridgehead atoms. The van der Waals surface area contributed by atoms with Crippen molar-refractivity contribution in [3.8, 4) is 0 Å². The maximum absolute atomic E-state index is 12.9. The van der Waals surface area contributed by atoms with E-state index in [9.17, 15) is 14.0 Å². The molecule has 0 spiro atoms. The third-order valence-corrected chi connectivity index (χ3v) is 2.02. The molecule has 1 aliphatic heterocycles. The molecule has 0 atom stereocenters. The highest BCUT2D eigenvalue weighted by Crippen LogP contribution is 2.18. The first-order valence-electron chi connectivity index (χ1n) is 4.37. The van der Waals surface area contributed by atoms with E-state index in [-0.39, 0.29) is 18.9 Å². The van der Waals surface area contributed by atoms with Gasteiger partial charge in [-0.15, -0.1) is 0 Å². The molecule has 4 nitrogen and oxygen atoms in total. The van der Waals surface area contributed by atoms with Crippen LogP contribution in [0.3, 0.4) is 0 Å². The quantitative estimate of drug-likeness (QED) is 0.640. The van der Waals surface area contributed by atoms with Crippen LogP contribution in [0.4, 0.5) is 10.1 Å². The van der Waals surface area contributed by atoms with E-state index in [0.717, 1.165) is 11.0 Å². The highest BCUT2D eigenvalue weighted by Gasteiger charge is 2.28. The molecule has 2 amide bonds. The minimum Gasteiger partial charge on any atom is -0.362 e. The number of carbonyl (C=O) groups is 2. The Labute approximate surface area is 85.2 Å². The lowest BCUT2D eigenvalue weighted by Crippen LogP contribution is -2.46. The highest BCUT2D eigenvalue weighted by molar-refractivity contribution is 6.16. The largest absolute Gasteiger partial charge is 0.362 e. The monoisotopic (exact) mass is 209 g/mol. The summed E-state index contributed by atoms with van der Waals surface area (Å²) in [4.78, 5) is 23.7. The van der Waals surface area contributed by atoms with Crippen molar-refractivity contribution in [1.82, 2.24) is 0 Å². The third-order valence-electron chi connectivity index (χ3n) is 2.02. The number of nitrogens with zero attached hydrogens (tertiary/aromatic N) is 1. The Bertz CT molecular complexity index is 403. The first kappa shape index (κ1) is 9.79. The smallest absolute Gasteiger partial charge is 0.259 e. The van der Waals surface area contributed by atoms with E-state index in [1.807, 2.05) is 0 Å². The Balaban J connectivity index is 2.35. The van der Waals surface area contributed by atoms with Crippen molar-refractivity contribution in [2.24, 2.45) is 0 Å². The van der Waals surface area contributed by atoms with Crippen LogP contribution in [0.5, 0.6) is 0 Å². The maximum atomic E-state index is 12.9. The summed E-state index contributed by atoms with van der Waals surface area (Å²) in [5, 5.41) is 0. The van der Waals surface area contributed by atoms with Gasteiger partial charge in [-0.3, -0.25) is 9.59 Å². The van der Waals surface area contributed by atoms with Crippen LogP contribution < -0.4 is 4.90 Å². The van der Waals surface area contributed by atoms with Crippen LogP contribution >= 0.6 is 0 Å². The van der Waals surface area contributed by atoms with Gasteiger partial charge in [0.15, 0.2) is 0 Å². The number of halogens is 1. The minimum absolute atomic E-state index is 0.151. The molecule has 15 heavy (non-hydrogen) atoms. The molecule has 1 saturated heterocycles. The van der Waals surface area contributed by atoms with E-state index in [1.165, 1.54) is 18.2 Å². The van der Waals surface area contributed by atoms with E-state index < -0.39 is 17.6 Å². The number of hydrogen-bond acceptors (Lipinski definition) is 3. The summed E-state index contributed by atoms with van der Waals surface area (Å²) in [5.74, 6) is -1.44. The van der Waals surface area contributed by atoms with E-state index >= 15 is 0 Å². The summed E-state index contributed by atoms with van der Waals surface area (Å²) < 4.78 is 17.6. The van der Waals surface area contributed by atoms with Gasteiger partial charge in [-0.2, -0.15) is 0 Å². The molecule has 0 aromatic heterocycles. The zero-order valence-corrected chi connectivity index (χ0v) is 7.77. The Morgan fingerprint density at radius 3 is 2.47 bits per heavy atom. The van der Waals surface area contributed by atoms with E-state index in [4.69, 9.17) is 4.74 Å². The average Bonchev–Trinajstić information content (AvgIpc) is 2.17. The second kappa shape index (κ2) is 3.78. The lowest BCUT2D eigenvalue weighted by Gasteiger charge is -2.24. The van der Waals surface area contributed by atoms with Gasteiger partial charge in [0.25, 0.3) is 11.8 Å². The topological polar surface area (TPSA) is 46.6 Å². The number of carbonyl (C=O) groups excluding carboxylic acids is 2. The summed E-state index contributed by atoms with van der Waals surface area (Å²) in [6, 6.07) is 5.34. The van der Waals surface area contributed by atoms with Gasteiger partial charge in [-0.25, -0.2) is 9.29 Å². The molecule has 0 N–H and O–H groups in total.